The van der Waals surface area contributed by atoms with E-state index in [0.29, 0.717) is 19.3 Å². The third kappa shape index (κ3) is 35.5. The van der Waals surface area contributed by atoms with Crippen LogP contribution in [0.3, 0.4) is 0 Å². The van der Waals surface area contributed by atoms with Crippen LogP contribution < -0.4 is 0 Å². The van der Waals surface area contributed by atoms with Gasteiger partial charge in [0.1, 0.15) is 13.2 Å². The van der Waals surface area contributed by atoms with Crippen LogP contribution in [0, 0.1) is 0 Å². The molecule has 0 aromatic heterocycles. The topological polar surface area (TPSA) is 78.9 Å². The van der Waals surface area contributed by atoms with E-state index in [0.717, 1.165) is 64.2 Å². The minimum Gasteiger partial charge on any atom is -0.462 e. The Balaban J connectivity index is 4.23. The summed E-state index contributed by atoms with van der Waals surface area (Å²) in [5, 5.41) is 0. The average molecular weight is 667 g/mol. The van der Waals surface area contributed by atoms with E-state index in [-0.39, 0.29) is 31.1 Å². The monoisotopic (exact) mass is 667 g/mol. The van der Waals surface area contributed by atoms with Crippen LogP contribution in [0.1, 0.15) is 226 Å². The first kappa shape index (κ1) is 45.4. The molecule has 0 saturated heterocycles. The fourth-order valence-corrected chi connectivity index (χ4v) is 5.97. The van der Waals surface area contributed by atoms with Gasteiger partial charge in [-0.3, -0.25) is 14.4 Å². The normalized spacial score (nSPS) is 11.8. The Labute approximate surface area is 291 Å². The number of carbonyl (C=O) groups excluding carboxylic acids is 3. The Hall–Kier alpha value is -1.59. The van der Waals surface area contributed by atoms with E-state index >= 15 is 0 Å². The van der Waals surface area contributed by atoms with Gasteiger partial charge in [0, 0.05) is 19.3 Å². The Bertz CT molecular complexity index is 693. The second-order valence-corrected chi connectivity index (χ2v) is 13.9. The van der Waals surface area contributed by atoms with Gasteiger partial charge in [-0.25, -0.2) is 0 Å². The summed E-state index contributed by atoms with van der Waals surface area (Å²) in [5.74, 6) is -0.873. The Morgan fingerprint density at radius 1 is 0.340 bits per heavy atom. The molecule has 278 valence electrons. The number of ether oxygens (including phenoxy) is 3. The lowest BCUT2D eigenvalue weighted by Crippen LogP contribution is -2.30. The van der Waals surface area contributed by atoms with E-state index in [1.165, 1.54) is 122 Å². The molecule has 0 N–H and O–H groups in total. The molecule has 0 aromatic carbocycles. The summed E-state index contributed by atoms with van der Waals surface area (Å²) in [5.41, 5.74) is 0. The number of hydrogen-bond donors (Lipinski definition) is 0. The standard InChI is InChI=1S/C41H78O6/c1-4-7-10-13-15-17-19-20-22-23-25-28-31-34-40(43)46-37-38(36-45-39(42)33-30-27-12-9-6-3)47-41(44)35-32-29-26-24-21-18-16-14-11-8-5-2/h38H,4-37H2,1-3H3/t38-/m0/s1. The van der Waals surface area contributed by atoms with E-state index < -0.39 is 6.10 Å². The SMILES string of the molecule is CCCCCCCCCCCCCCCC(=O)OC[C@H](COC(=O)CCCCCCC)OC(=O)CCCCCCCCCCCCC. The van der Waals surface area contributed by atoms with Gasteiger partial charge in [0.15, 0.2) is 6.10 Å². The van der Waals surface area contributed by atoms with Crippen LogP contribution in [-0.4, -0.2) is 37.2 Å². The van der Waals surface area contributed by atoms with E-state index in [1.807, 2.05) is 0 Å². The lowest BCUT2D eigenvalue weighted by atomic mass is 10.0. The lowest BCUT2D eigenvalue weighted by molar-refractivity contribution is -0.167. The van der Waals surface area contributed by atoms with Crippen LogP contribution in [0.4, 0.5) is 0 Å². The summed E-state index contributed by atoms with van der Waals surface area (Å²) < 4.78 is 16.5. The highest BCUT2D eigenvalue weighted by Crippen LogP contribution is 2.15. The molecule has 0 rings (SSSR count). The molecule has 0 radical (unpaired) electrons. The van der Waals surface area contributed by atoms with Crippen LogP contribution in [-0.2, 0) is 28.6 Å². The van der Waals surface area contributed by atoms with Gasteiger partial charge in [0.05, 0.1) is 0 Å². The second kappa shape index (κ2) is 37.2. The molecule has 6 nitrogen and oxygen atoms in total. The van der Waals surface area contributed by atoms with Crippen LogP contribution >= 0.6 is 0 Å². The first-order valence-electron chi connectivity index (χ1n) is 20.5. The highest BCUT2D eigenvalue weighted by atomic mass is 16.6. The van der Waals surface area contributed by atoms with Crippen molar-refractivity contribution in [2.75, 3.05) is 13.2 Å². The van der Waals surface area contributed by atoms with Gasteiger partial charge in [-0.05, 0) is 19.3 Å². The van der Waals surface area contributed by atoms with Crippen LogP contribution in [0.25, 0.3) is 0 Å². The van der Waals surface area contributed by atoms with Crippen molar-refractivity contribution in [2.24, 2.45) is 0 Å². The smallest absolute Gasteiger partial charge is 0.306 e. The summed E-state index contributed by atoms with van der Waals surface area (Å²) in [6.07, 6.45) is 35.4. The molecule has 0 aliphatic carbocycles. The third-order valence-corrected chi connectivity index (χ3v) is 9.11. The Kier molecular flexibility index (Phi) is 36.0. The predicted molar refractivity (Wildman–Crippen MR) is 197 cm³/mol. The quantitative estimate of drug-likeness (QED) is 0.0373. The molecular formula is C41H78O6. The van der Waals surface area contributed by atoms with Crippen molar-refractivity contribution in [1.82, 2.24) is 0 Å². The van der Waals surface area contributed by atoms with Crippen molar-refractivity contribution >= 4 is 17.9 Å². The van der Waals surface area contributed by atoms with Gasteiger partial charge in [0.25, 0.3) is 0 Å². The zero-order chi connectivity index (χ0) is 34.5. The Morgan fingerprint density at radius 2 is 0.574 bits per heavy atom. The highest BCUT2D eigenvalue weighted by Gasteiger charge is 2.19. The molecule has 0 spiro atoms. The lowest BCUT2D eigenvalue weighted by Gasteiger charge is -2.18. The van der Waals surface area contributed by atoms with E-state index in [9.17, 15) is 14.4 Å². The maximum atomic E-state index is 12.6. The molecule has 47 heavy (non-hydrogen) atoms. The van der Waals surface area contributed by atoms with Gasteiger partial charge < -0.3 is 14.2 Å². The average Bonchev–Trinajstić information content (AvgIpc) is 3.06. The van der Waals surface area contributed by atoms with Crippen molar-refractivity contribution in [3.8, 4) is 0 Å². The van der Waals surface area contributed by atoms with Crippen molar-refractivity contribution in [1.29, 1.82) is 0 Å². The van der Waals surface area contributed by atoms with E-state index in [1.54, 1.807) is 0 Å². The van der Waals surface area contributed by atoms with Gasteiger partial charge in [0.2, 0.25) is 0 Å². The highest BCUT2D eigenvalue weighted by molar-refractivity contribution is 5.71. The number of unbranched alkanes of at least 4 members (excludes halogenated alkanes) is 26. The minimum absolute atomic E-state index is 0.0644. The predicted octanol–water partition coefficient (Wildman–Crippen LogP) is 12.5. The molecule has 1 atom stereocenters. The number of rotatable bonds is 37. The molecule has 0 aliphatic rings. The third-order valence-electron chi connectivity index (χ3n) is 9.11. The summed E-state index contributed by atoms with van der Waals surface area (Å²) in [4.78, 5) is 37.3. The van der Waals surface area contributed by atoms with E-state index in [4.69, 9.17) is 14.2 Å². The van der Waals surface area contributed by atoms with Crippen molar-refractivity contribution in [2.45, 2.75) is 232 Å². The number of esters is 3. The van der Waals surface area contributed by atoms with Gasteiger partial charge in [-0.2, -0.15) is 0 Å². The number of carbonyl (C=O) groups is 3. The Morgan fingerprint density at radius 3 is 0.851 bits per heavy atom. The summed E-state index contributed by atoms with van der Waals surface area (Å²) in [6, 6.07) is 0. The van der Waals surface area contributed by atoms with Crippen LogP contribution in [0.2, 0.25) is 0 Å². The van der Waals surface area contributed by atoms with Crippen LogP contribution in [0.15, 0.2) is 0 Å². The summed E-state index contributed by atoms with van der Waals surface area (Å²) >= 11 is 0. The molecule has 0 amide bonds. The second-order valence-electron chi connectivity index (χ2n) is 13.9. The molecule has 0 unspecified atom stereocenters. The molecule has 0 aliphatic heterocycles. The van der Waals surface area contributed by atoms with E-state index in [2.05, 4.69) is 20.8 Å². The fourth-order valence-electron chi connectivity index (χ4n) is 5.97. The molecule has 0 saturated carbocycles. The molecular weight excluding hydrogens is 588 g/mol. The van der Waals surface area contributed by atoms with Crippen LogP contribution in [0.5, 0.6) is 0 Å². The first-order valence-corrected chi connectivity index (χ1v) is 20.5. The molecule has 0 bridgehead atoms. The molecule has 0 heterocycles. The molecule has 6 heteroatoms. The summed E-state index contributed by atoms with van der Waals surface area (Å²) in [6.45, 7) is 6.55. The zero-order valence-corrected chi connectivity index (χ0v) is 31.6. The van der Waals surface area contributed by atoms with Gasteiger partial charge >= 0.3 is 17.9 Å². The van der Waals surface area contributed by atoms with Crippen molar-refractivity contribution in [3.05, 3.63) is 0 Å². The zero-order valence-electron chi connectivity index (χ0n) is 31.6. The maximum absolute atomic E-state index is 12.6. The summed E-state index contributed by atoms with van der Waals surface area (Å²) in [7, 11) is 0. The van der Waals surface area contributed by atoms with Gasteiger partial charge in [-0.15, -0.1) is 0 Å². The van der Waals surface area contributed by atoms with Crippen molar-refractivity contribution in [3.63, 3.8) is 0 Å². The molecule has 0 fully saturated rings. The van der Waals surface area contributed by atoms with Crippen molar-refractivity contribution < 1.29 is 28.6 Å². The first-order chi connectivity index (χ1) is 23.0. The maximum Gasteiger partial charge on any atom is 0.306 e. The van der Waals surface area contributed by atoms with Gasteiger partial charge in [-0.1, -0.05) is 188 Å². The largest absolute Gasteiger partial charge is 0.462 e. The fraction of sp³-hybridized carbons (Fsp3) is 0.927. The number of hydrogen-bond acceptors (Lipinski definition) is 6. The molecule has 0 aromatic rings. The minimum atomic E-state index is -0.755.